The molecular formula is C14H9BrF2O2. The molecule has 2 aromatic rings. The maximum absolute atomic E-state index is 13.1. The third-order valence-corrected chi connectivity index (χ3v) is 2.88. The van der Waals surface area contributed by atoms with Crippen molar-refractivity contribution in [2.45, 2.75) is 6.92 Å². The maximum atomic E-state index is 13.1. The van der Waals surface area contributed by atoms with Crippen LogP contribution in [0.25, 0.3) is 0 Å². The Morgan fingerprint density at radius 1 is 1.11 bits per heavy atom. The molecule has 98 valence electrons. The SMILES string of the molecule is CC(=O)c1ccc(Br)cc1Oc1cc(F)cc(F)c1. The fourth-order valence-electron chi connectivity index (χ4n) is 1.59. The summed E-state index contributed by atoms with van der Waals surface area (Å²) in [7, 11) is 0. The Bertz CT molecular complexity index is 621. The number of carbonyl (C=O) groups is 1. The summed E-state index contributed by atoms with van der Waals surface area (Å²) >= 11 is 3.25. The molecule has 0 spiro atoms. The fourth-order valence-corrected chi connectivity index (χ4v) is 1.93. The van der Waals surface area contributed by atoms with Crippen molar-refractivity contribution in [3.63, 3.8) is 0 Å². The second-order valence-corrected chi connectivity index (χ2v) is 4.82. The van der Waals surface area contributed by atoms with Crippen molar-refractivity contribution in [2.75, 3.05) is 0 Å². The minimum Gasteiger partial charge on any atom is -0.456 e. The Hall–Kier alpha value is -1.75. The van der Waals surface area contributed by atoms with Crippen LogP contribution in [0, 0.1) is 11.6 Å². The summed E-state index contributed by atoms with van der Waals surface area (Å²) < 4.78 is 32.2. The zero-order chi connectivity index (χ0) is 14.0. The van der Waals surface area contributed by atoms with E-state index in [1.165, 1.54) is 6.92 Å². The van der Waals surface area contributed by atoms with Gasteiger partial charge in [0, 0.05) is 22.7 Å². The van der Waals surface area contributed by atoms with Gasteiger partial charge in [-0.15, -0.1) is 0 Å². The Morgan fingerprint density at radius 3 is 2.32 bits per heavy atom. The highest BCUT2D eigenvalue weighted by molar-refractivity contribution is 9.10. The summed E-state index contributed by atoms with van der Waals surface area (Å²) in [6, 6.07) is 7.69. The molecule has 2 aromatic carbocycles. The first-order chi connectivity index (χ1) is 8.95. The van der Waals surface area contributed by atoms with E-state index in [1.54, 1.807) is 18.2 Å². The predicted octanol–water partition coefficient (Wildman–Crippen LogP) is 4.72. The average molecular weight is 327 g/mol. The number of halogens is 3. The normalized spacial score (nSPS) is 10.3. The van der Waals surface area contributed by atoms with Crippen molar-refractivity contribution in [3.05, 3.63) is 58.1 Å². The van der Waals surface area contributed by atoms with Gasteiger partial charge in [0.15, 0.2) is 5.78 Å². The number of carbonyl (C=O) groups excluding carboxylic acids is 1. The van der Waals surface area contributed by atoms with Crippen molar-refractivity contribution < 1.29 is 18.3 Å². The summed E-state index contributed by atoms with van der Waals surface area (Å²) in [6.07, 6.45) is 0. The van der Waals surface area contributed by atoms with E-state index >= 15 is 0 Å². The zero-order valence-corrected chi connectivity index (χ0v) is 11.5. The van der Waals surface area contributed by atoms with E-state index in [0.717, 1.165) is 18.2 Å². The first-order valence-electron chi connectivity index (χ1n) is 5.40. The standard InChI is InChI=1S/C14H9BrF2O2/c1-8(18)13-3-2-9(15)4-14(13)19-12-6-10(16)5-11(17)7-12/h2-7H,1H3. The lowest BCUT2D eigenvalue weighted by atomic mass is 10.1. The van der Waals surface area contributed by atoms with E-state index in [1.807, 2.05) is 0 Å². The van der Waals surface area contributed by atoms with Gasteiger partial charge in [-0.25, -0.2) is 8.78 Å². The Morgan fingerprint density at radius 2 is 1.74 bits per heavy atom. The van der Waals surface area contributed by atoms with Crippen LogP contribution in [-0.2, 0) is 0 Å². The second-order valence-electron chi connectivity index (χ2n) is 3.90. The van der Waals surface area contributed by atoms with Crippen LogP contribution >= 0.6 is 15.9 Å². The number of rotatable bonds is 3. The van der Waals surface area contributed by atoms with Gasteiger partial charge in [0.05, 0.1) is 5.56 Å². The Labute approximate surface area is 117 Å². The lowest BCUT2D eigenvalue weighted by molar-refractivity contribution is 0.101. The van der Waals surface area contributed by atoms with Crippen molar-refractivity contribution >= 4 is 21.7 Å². The molecule has 0 saturated carbocycles. The van der Waals surface area contributed by atoms with Gasteiger partial charge < -0.3 is 4.74 Å². The van der Waals surface area contributed by atoms with E-state index in [9.17, 15) is 13.6 Å². The van der Waals surface area contributed by atoms with Crippen LogP contribution in [-0.4, -0.2) is 5.78 Å². The molecule has 0 N–H and O–H groups in total. The lowest BCUT2D eigenvalue weighted by Gasteiger charge is -2.10. The molecule has 0 amide bonds. The Balaban J connectivity index is 2.42. The van der Waals surface area contributed by atoms with Crippen molar-refractivity contribution in [2.24, 2.45) is 0 Å². The minimum absolute atomic E-state index is 0.00176. The molecule has 0 aromatic heterocycles. The van der Waals surface area contributed by atoms with Crippen molar-refractivity contribution in [1.29, 1.82) is 0 Å². The molecule has 2 rings (SSSR count). The average Bonchev–Trinajstić information content (AvgIpc) is 2.26. The number of benzene rings is 2. The molecule has 0 atom stereocenters. The molecule has 0 saturated heterocycles. The molecule has 0 bridgehead atoms. The van der Waals surface area contributed by atoms with Crippen LogP contribution in [0.15, 0.2) is 40.9 Å². The first-order valence-corrected chi connectivity index (χ1v) is 6.19. The van der Waals surface area contributed by atoms with Gasteiger partial charge in [0.25, 0.3) is 0 Å². The summed E-state index contributed by atoms with van der Waals surface area (Å²) in [4.78, 5) is 11.5. The van der Waals surface area contributed by atoms with Crippen LogP contribution in [0.5, 0.6) is 11.5 Å². The number of hydrogen-bond acceptors (Lipinski definition) is 2. The van der Waals surface area contributed by atoms with E-state index in [4.69, 9.17) is 4.74 Å². The molecule has 19 heavy (non-hydrogen) atoms. The largest absolute Gasteiger partial charge is 0.456 e. The van der Waals surface area contributed by atoms with Crippen LogP contribution in [0.1, 0.15) is 17.3 Å². The minimum atomic E-state index is -0.741. The van der Waals surface area contributed by atoms with Gasteiger partial charge >= 0.3 is 0 Å². The van der Waals surface area contributed by atoms with Gasteiger partial charge in [-0.3, -0.25) is 4.79 Å². The molecular weight excluding hydrogens is 318 g/mol. The molecule has 0 fully saturated rings. The third-order valence-electron chi connectivity index (χ3n) is 2.39. The van der Waals surface area contributed by atoms with Crippen LogP contribution in [0.4, 0.5) is 8.78 Å². The molecule has 0 aliphatic heterocycles. The van der Waals surface area contributed by atoms with Crippen molar-refractivity contribution in [3.8, 4) is 11.5 Å². The lowest BCUT2D eigenvalue weighted by Crippen LogP contribution is -1.97. The molecule has 5 heteroatoms. The van der Waals surface area contributed by atoms with E-state index < -0.39 is 11.6 Å². The summed E-state index contributed by atoms with van der Waals surface area (Å²) in [6.45, 7) is 1.39. The van der Waals surface area contributed by atoms with E-state index in [2.05, 4.69) is 15.9 Å². The van der Waals surface area contributed by atoms with E-state index in [0.29, 0.717) is 10.0 Å². The first kappa shape index (κ1) is 13.7. The van der Waals surface area contributed by atoms with Gasteiger partial charge in [-0.2, -0.15) is 0 Å². The summed E-state index contributed by atoms with van der Waals surface area (Å²) in [5, 5.41) is 0. The maximum Gasteiger partial charge on any atom is 0.163 e. The summed E-state index contributed by atoms with van der Waals surface area (Å²) in [5.74, 6) is -1.44. The fraction of sp³-hybridized carbons (Fsp3) is 0.0714. The Kier molecular flexibility index (Phi) is 3.95. The number of ketones is 1. The third kappa shape index (κ3) is 3.38. The summed E-state index contributed by atoms with van der Waals surface area (Å²) in [5.41, 5.74) is 0.341. The molecule has 2 nitrogen and oxygen atoms in total. The van der Waals surface area contributed by atoms with Crippen molar-refractivity contribution in [1.82, 2.24) is 0 Å². The molecule has 0 aliphatic carbocycles. The zero-order valence-electron chi connectivity index (χ0n) is 9.91. The van der Waals surface area contributed by atoms with Crippen LogP contribution < -0.4 is 4.74 Å². The highest BCUT2D eigenvalue weighted by Gasteiger charge is 2.11. The number of Topliss-reactive ketones (excluding diaryl/α,β-unsaturated/α-hetero) is 1. The quantitative estimate of drug-likeness (QED) is 0.763. The van der Waals surface area contributed by atoms with Gasteiger partial charge in [-0.05, 0) is 25.1 Å². The van der Waals surface area contributed by atoms with E-state index in [-0.39, 0.29) is 17.3 Å². The highest BCUT2D eigenvalue weighted by Crippen LogP contribution is 2.29. The highest BCUT2D eigenvalue weighted by atomic mass is 79.9. The van der Waals surface area contributed by atoms with Gasteiger partial charge in [0.1, 0.15) is 23.1 Å². The predicted molar refractivity (Wildman–Crippen MR) is 70.6 cm³/mol. The van der Waals surface area contributed by atoms with Gasteiger partial charge in [0.2, 0.25) is 0 Å². The van der Waals surface area contributed by atoms with Crippen LogP contribution in [0.2, 0.25) is 0 Å². The monoisotopic (exact) mass is 326 g/mol. The second kappa shape index (κ2) is 5.48. The number of hydrogen-bond donors (Lipinski definition) is 0. The van der Waals surface area contributed by atoms with Gasteiger partial charge in [-0.1, -0.05) is 15.9 Å². The molecule has 0 unspecified atom stereocenters. The smallest absolute Gasteiger partial charge is 0.163 e. The topological polar surface area (TPSA) is 26.3 Å². The molecule has 0 aliphatic rings. The van der Waals surface area contributed by atoms with Crippen LogP contribution in [0.3, 0.4) is 0 Å². The molecule has 0 heterocycles. The number of ether oxygens (including phenoxy) is 1. The molecule has 0 radical (unpaired) electrons.